The Labute approximate surface area is 145 Å². The standard InChI is InChI=1S/C17H18N4O3S/c1-10-7-13(19-12(3)22)8-11(2)17(10)25(23,24)21-16-6-4-5-15-14(16)9-18-20-15/h4-9,21H,1-3H3,(H,18,20)(H,19,22). The summed E-state index contributed by atoms with van der Waals surface area (Å²) in [5.41, 5.74) is 2.87. The number of amides is 1. The molecule has 0 unspecified atom stereocenters. The number of fused-ring (bicyclic) bond motifs is 1. The van der Waals surface area contributed by atoms with Crippen molar-refractivity contribution in [2.24, 2.45) is 0 Å². The molecule has 0 spiro atoms. The Morgan fingerprint density at radius 3 is 2.48 bits per heavy atom. The number of sulfonamides is 1. The number of carbonyl (C=O) groups excluding carboxylic acids is 1. The first-order valence-electron chi connectivity index (χ1n) is 7.61. The number of carbonyl (C=O) groups is 1. The highest BCUT2D eigenvalue weighted by Crippen LogP contribution is 2.29. The van der Waals surface area contributed by atoms with E-state index in [0.717, 1.165) is 5.52 Å². The van der Waals surface area contributed by atoms with Gasteiger partial charge < -0.3 is 5.32 Å². The van der Waals surface area contributed by atoms with Crippen LogP contribution >= 0.6 is 0 Å². The topological polar surface area (TPSA) is 104 Å². The largest absolute Gasteiger partial charge is 0.326 e. The molecule has 0 aliphatic heterocycles. The highest BCUT2D eigenvalue weighted by Gasteiger charge is 2.21. The average Bonchev–Trinajstić information content (AvgIpc) is 2.94. The van der Waals surface area contributed by atoms with Crippen LogP contribution in [-0.4, -0.2) is 24.5 Å². The van der Waals surface area contributed by atoms with E-state index in [4.69, 9.17) is 0 Å². The van der Waals surface area contributed by atoms with Crippen LogP contribution in [0.4, 0.5) is 11.4 Å². The highest BCUT2D eigenvalue weighted by atomic mass is 32.2. The van der Waals surface area contributed by atoms with E-state index in [1.807, 2.05) is 6.07 Å². The van der Waals surface area contributed by atoms with Crippen LogP contribution in [0.15, 0.2) is 41.4 Å². The van der Waals surface area contributed by atoms with Crippen LogP contribution in [0.5, 0.6) is 0 Å². The van der Waals surface area contributed by atoms with E-state index in [0.29, 0.717) is 27.9 Å². The van der Waals surface area contributed by atoms with E-state index in [-0.39, 0.29) is 10.8 Å². The summed E-state index contributed by atoms with van der Waals surface area (Å²) in [6, 6.07) is 8.53. The second-order valence-electron chi connectivity index (χ2n) is 5.86. The van der Waals surface area contributed by atoms with Gasteiger partial charge in [0.05, 0.1) is 22.3 Å². The fraction of sp³-hybridized carbons (Fsp3) is 0.176. The molecule has 0 bridgehead atoms. The number of aromatic amines is 1. The van der Waals surface area contributed by atoms with Gasteiger partial charge in [0.15, 0.2) is 0 Å². The van der Waals surface area contributed by atoms with E-state index in [1.54, 1.807) is 44.3 Å². The zero-order valence-electron chi connectivity index (χ0n) is 14.0. The zero-order chi connectivity index (χ0) is 18.2. The third-order valence-electron chi connectivity index (χ3n) is 3.78. The third-order valence-corrected chi connectivity index (χ3v) is 5.45. The predicted molar refractivity (Wildman–Crippen MR) is 97.1 cm³/mol. The maximum absolute atomic E-state index is 12.9. The van der Waals surface area contributed by atoms with Crippen LogP contribution in [0.25, 0.3) is 10.9 Å². The van der Waals surface area contributed by atoms with Crippen molar-refractivity contribution in [2.45, 2.75) is 25.7 Å². The Balaban J connectivity index is 2.03. The molecular formula is C17H18N4O3S. The lowest BCUT2D eigenvalue weighted by molar-refractivity contribution is -0.114. The number of hydrogen-bond acceptors (Lipinski definition) is 4. The monoisotopic (exact) mass is 358 g/mol. The number of aryl methyl sites for hydroxylation is 2. The maximum Gasteiger partial charge on any atom is 0.262 e. The summed E-state index contributed by atoms with van der Waals surface area (Å²) in [4.78, 5) is 11.4. The van der Waals surface area contributed by atoms with Gasteiger partial charge in [0, 0.05) is 18.0 Å². The molecule has 130 valence electrons. The molecule has 0 atom stereocenters. The smallest absolute Gasteiger partial charge is 0.262 e. The molecule has 0 aliphatic carbocycles. The Morgan fingerprint density at radius 1 is 1.16 bits per heavy atom. The first-order chi connectivity index (χ1) is 11.8. The van der Waals surface area contributed by atoms with Crippen LogP contribution in [0.2, 0.25) is 0 Å². The first kappa shape index (κ1) is 17.0. The van der Waals surface area contributed by atoms with Gasteiger partial charge >= 0.3 is 0 Å². The minimum atomic E-state index is -3.79. The molecular weight excluding hydrogens is 340 g/mol. The fourth-order valence-corrected chi connectivity index (χ4v) is 4.44. The van der Waals surface area contributed by atoms with Gasteiger partial charge in [-0.3, -0.25) is 14.6 Å². The zero-order valence-corrected chi connectivity index (χ0v) is 14.9. The number of H-pyrrole nitrogens is 1. The lowest BCUT2D eigenvalue weighted by Gasteiger charge is -2.15. The number of aromatic nitrogens is 2. The van der Waals surface area contributed by atoms with E-state index >= 15 is 0 Å². The van der Waals surface area contributed by atoms with Crippen LogP contribution in [0.1, 0.15) is 18.1 Å². The Bertz CT molecular complexity index is 1050. The lowest BCUT2D eigenvalue weighted by Crippen LogP contribution is -2.16. The average molecular weight is 358 g/mol. The van der Waals surface area contributed by atoms with Gasteiger partial charge in [-0.15, -0.1) is 0 Å². The molecule has 25 heavy (non-hydrogen) atoms. The molecule has 1 heterocycles. The van der Waals surface area contributed by atoms with Crippen molar-refractivity contribution in [1.82, 2.24) is 10.2 Å². The number of nitrogens with zero attached hydrogens (tertiary/aromatic N) is 1. The molecule has 0 aliphatic rings. The Hall–Kier alpha value is -2.87. The number of rotatable bonds is 4. The van der Waals surface area contributed by atoms with E-state index in [1.165, 1.54) is 6.92 Å². The lowest BCUT2D eigenvalue weighted by atomic mass is 10.1. The molecule has 7 nitrogen and oxygen atoms in total. The summed E-state index contributed by atoms with van der Waals surface area (Å²) >= 11 is 0. The molecule has 3 N–H and O–H groups in total. The van der Waals surface area contributed by atoms with Gasteiger partial charge in [0.2, 0.25) is 5.91 Å². The van der Waals surface area contributed by atoms with Gasteiger partial charge in [-0.1, -0.05) is 6.07 Å². The second kappa shape index (κ2) is 6.21. The summed E-state index contributed by atoms with van der Waals surface area (Å²) in [5.74, 6) is -0.209. The summed E-state index contributed by atoms with van der Waals surface area (Å²) in [7, 11) is -3.79. The molecule has 0 saturated carbocycles. The molecule has 0 fully saturated rings. The summed E-state index contributed by atoms with van der Waals surface area (Å²) in [5, 5.41) is 10.1. The third kappa shape index (κ3) is 3.34. The van der Waals surface area contributed by atoms with Gasteiger partial charge in [0.25, 0.3) is 10.0 Å². The summed E-state index contributed by atoms with van der Waals surface area (Å²) in [6.07, 6.45) is 1.58. The fourth-order valence-electron chi connectivity index (χ4n) is 2.90. The molecule has 0 radical (unpaired) electrons. The van der Waals surface area contributed by atoms with E-state index in [9.17, 15) is 13.2 Å². The van der Waals surface area contributed by atoms with Crippen molar-refractivity contribution >= 4 is 38.2 Å². The summed E-state index contributed by atoms with van der Waals surface area (Å²) in [6.45, 7) is 4.80. The van der Waals surface area contributed by atoms with Crippen molar-refractivity contribution in [3.8, 4) is 0 Å². The minimum Gasteiger partial charge on any atom is -0.326 e. The Morgan fingerprint density at radius 2 is 1.84 bits per heavy atom. The predicted octanol–water partition coefficient (Wildman–Crippen LogP) is 2.94. The highest BCUT2D eigenvalue weighted by molar-refractivity contribution is 7.92. The van der Waals surface area contributed by atoms with Crippen LogP contribution in [0.3, 0.4) is 0 Å². The number of benzene rings is 2. The normalized spacial score (nSPS) is 11.5. The number of anilines is 2. The maximum atomic E-state index is 12.9. The van der Waals surface area contributed by atoms with Crippen LogP contribution in [0, 0.1) is 13.8 Å². The quantitative estimate of drug-likeness (QED) is 0.667. The van der Waals surface area contributed by atoms with Gasteiger partial charge in [-0.05, 0) is 49.2 Å². The molecule has 1 amide bonds. The minimum absolute atomic E-state index is 0.196. The van der Waals surface area contributed by atoms with Crippen LogP contribution < -0.4 is 10.0 Å². The van der Waals surface area contributed by atoms with E-state index in [2.05, 4.69) is 20.2 Å². The number of nitrogens with one attached hydrogen (secondary N) is 3. The van der Waals surface area contributed by atoms with Crippen molar-refractivity contribution < 1.29 is 13.2 Å². The van der Waals surface area contributed by atoms with Crippen molar-refractivity contribution in [2.75, 3.05) is 10.0 Å². The molecule has 3 aromatic rings. The SMILES string of the molecule is CC(=O)Nc1cc(C)c(S(=O)(=O)Nc2cccc3[nH]ncc23)c(C)c1. The first-order valence-corrected chi connectivity index (χ1v) is 9.10. The van der Waals surface area contributed by atoms with Gasteiger partial charge in [-0.2, -0.15) is 5.10 Å². The van der Waals surface area contributed by atoms with Crippen molar-refractivity contribution in [3.63, 3.8) is 0 Å². The summed E-state index contributed by atoms with van der Waals surface area (Å²) < 4.78 is 28.5. The van der Waals surface area contributed by atoms with Crippen LogP contribution in [-0.2, 0) is 14.8 Å². The molecule has 8 heteroatoms. The number of hydrogen-bond donors (Lipinski definition) is 3. The van der Waals surface area contributed by atoms with Crippen molar-refractivity contribution in [1.29, 1.82) is 0 Å². The molecule has 0 saturated heterocycles. The van der Waals surface area contributed by atoms with Crippen molar-refractivity contribution in [3.05, 3.63) is 47.7 Å². The Kier molecular flexibility index (Phi) is 4.22. The second-order valence-corrected chi connectivity index (χ2v) is 7.48. The molecule has 2 aromatic carbocycles. The van der Waals surface area contributed by atoms with Gasteiger partial charge in [0.1, 0.15) is 0 Å². The van der Waals surface area contributed by atoms with E-state index < -0.39 is 10.0 Å². The molecule has 1 aromatic heterocycles. The molecule has 3 rings (SSSR count). The van der Waals surface area contributed by atoms with Gasteiger partial charge in [-0.25, -0.2) is 8.42 Å².